The van der Waals surface area contributed by atoms with Gasteiger partial charge in [0.25, 0.3) is 0 Å². The molecule has 1 N–H and O–H groups in total. The first-order chi connectivity index (χ1) is 14.6. The Balaban J connectivity index is 2.38. The summed E-state index contributed by atoms with van der Waals surface area (Å²) in [6.45, 7) is 18.8. The van der Waals surface area contributed by atoms with Crippen LogP contribution in [0.3, 0.4) is 0 Å². The van der Waals surface area contributed by atoms with E-state index in [1.54, 1.807) is 14.0 Å². The summed E-state index contributed by atoms with van der Waals surface area (Å²) in [6, 6.07) is 8.54. The minimum atomic E-state index is -0.00274. The summed E-state index contributed by atoms with van der Waals surface area (Å²) in [4.78, 5) is 16.6. The number of benzene rings is 1. The highest BCUT2D eigenvalue weighted by molar-refractivity contribution is 5.92. The zero-order valence-electron chi connectivity index (χ0n) is 20.5. The van der Waals surface area contributed by atoms with E-state index in [-0.39, 0.29) is 11.3 Å². The number of nitrogens with zero attached hydrogens (tertiary/aromatic N) is 2. The highest BCUT2D eigenvalue weighted by atomic mass is 16.5. The van der Waals surface area contributed by atoms with Gasteiger partial charge in [0.15, 0.2) is 0 Å². The van der Waals surface area contributed by atoms with Gasteiger partial charge < -0.3 is 24.6 Å². The smallest absolute Gasteiger partial charge is 0.249 e. The highest BCUT2D eigenvalue weighted by Gasteiger charge is 2.16. The van der Waals surface area contributed by atoms with Gasteiger partial charge in [-0.05, 0) is 30.5 Å². The maximum absolute atomic E-state index is 12.6. The number of nitrogens with one attached hydrogen (secondary N) is 1. The molecule has 0 saturated carbocycles. The molecule has 1 rings (SSSR count). The fourth-order valence-corrected chi connectivity index (χ4v) is 3.02. The molecule has 0 aliphatic heterocycles. The zero-order chi connectivity index (χ0) is 23.3. The SMILES string of the molecule is C=C(C)C(=O)N(CCNCCOCCN(C)CCOC)Cc1ccc(C(C)(C)C)cc1. The third kappa shape index (κ3) is 11.5. The van der Waals surface area contributed by atoms with Crippen LogP contribution < -0.4 is 5.32 Å². The molecule has 6 nitrogen and oxygen atoms in total. The van der Waals surface area contributed by atoms with E-state index in [9.17, 15) is 4.79 Å². The van der Waals surface area contributed by atoms with Gasteiger partial charge in [-0.15, -0.1) is 0 Å². The monoisotopic (exact) mass is 433 g/mol. The largest absolute Gasteiger partial charge is 0.383 e. The molecule has 0 aliphatic rings. The van der Waals surface area contributed by atoms with Crippen molar-refractivity contribution in [1.29, 1.82) is 0 Å². The Bertz CT molecular complexity index is 653. The molecule has 0 radical (unpaired) electrons. The van der Waals surface area contributed by atoms with Crippen LogP contribution in [0.4, 0.5) is 0 Å². The first kappa shape index (κ1) is 27.3. The third-order valence-corrected chi connectivity index (χ3v) is 5.12. The van der Waals surface area contributed by atoms with Crippen LogP contribution in [0.5, 0.6) is 0 Å². The molecular formula is C25H43N3O3. The summed E-state index contributed by atoms with van der Waals surface area (Å²) in [5, 5.41) is 3.36. The molecule has 0 saturated heterocycles. The Hall–Kier alpha value is -1.73. The van der Waals surface area contributed by atoms with Crippen LogP contribution in [0.15, 0.2) is 36.4 Å². The van der Waals surface area contributed by atoms with E-state index >= 15 is 0 Å². The van der Waals surface area contributed by atoms with E-state index in [1.165, 1.54) is 5.56 Å². The minimum Gasteiger partial charge on any atom is -0.383 e. The number of rotatable bonds is 15. The molecule has 0 fully saturated rings. The maximum atomic E-state index is 12.6. The van der Waals surface area contributed by atoms with Gasteiger partial charge in [-0.25, -0.2) is 0 Å². The van der Waals surface area contributed by atoms with Gasteiger partial charge >= 0.3 is 0 Å². The molecule has 1 aromatic rings. The number of carbonyl (C=O) groups excluding carboxylic acids is 1. The lowest BCUT2D eigenvalue weighted by Gasteiger charge is -2.24. The van der Waals surface area contributed by atoms with Crippen LogP contribution in [-0.2, 0) is 26.2 Å². The van der Waals surface area contributed by atoms with Crippen molar-refractivity contribution in [3.63, 3.8) is 0 Å². The van der Waals surface area contributed by atoms with Crippen molar-refractivity contribution in [2.24, 2.45) is 0 Å². The fraction of sp³-hybridized carbons (Fsp3) is 0.640. The van der Waals surface area contributed by atoms with Gasteiger partial charge in [-0.1, -0.05) is 51.6 Å². The molecule has 0 aromatic heterocycles. The lowest BCUT2D eigenvalue weighted by Crippen LogP contribution is -2.37. The Morgan fingerprint density at radius 3 is 2.26 bits per heavy atom. The van der Waals surface area contributed by atoms with Crippen LogP contribution >= 0.6 is 0 Å². The normalized spacial score (nSPS) is 11.7. The molecule has 1 amide bonds. The second kappa shape index (κ2) is 14.4. The van der Waals surface area contributed by atoms with Crippen molar-refractivity contribution in [1.82, 2.24) is 15.1 Å². The quantitative estimate of drug-likeness (QED) is 0.340. The van der Waals surface area contributed by atoms with E-state index in [0.717, 1.165) is 38.3 Å². The number of likely N-dealkylation sites (N-methyl/N-ethyl adjacent to an activating group) is 1. The second-order valence-corrected chi connectivity index (χ2v) is 9.11. The summed E-state index contributed by atoms with van der Waals surface area (Å²) in [7, 11) is 3.77. The molecule has 1 aromatic carbocycles. The average Bonchev–Trinajstić information content (AvgIpc) is 2.72. The van der Waals surface area contributed by atoms with E-state index in [4.69, 9.17) is 9.47 Å². The van der Waals surface area contributed by atoms with Gasteiger partial charge in [0.05, 0.1) is 19.8 Å². The number of hydrogen-bond donors (Lipinski definition) is 1. The molecule has 0 atom stereocenters. The zero-order valence-corrected chi connectivity index (χ0v) is 20.5. The predicted molar refractivity (Wildman–Crippen MR) is 128 cm³/mol. The molecule has 176 valence electrons. The number of methoxy groups -OCH3 is 1. The van der Waals surface area contributed by atoms with Gasteiger partial charge in [0.1, 0.15) is 0 Å². The van der Waals surface area contributed by atoms with Gasteiger partial charge in [-0.2, -0.15) is 0 Å². The Morgan fingerprint density at radius 1 is 1.03 bits per heavy atom. The van der Waals surface area contributed by atoms with Gasteiger partial charge in [0, 0.05) is 52.0 Å². The summed E-state index contributed by atoms with van der Waals surface area (Å²) in [5.74, 6) is -0.00274. The van der Waals surface area contributed by atoms with Crippen molar-refractivity contribution in [2.75, 3.05) is 66.7 Å². The van der Waals surface area contributed by atoms with Gasteiger partial charge in [-0.3, -0.25) is 4.79 Å². The van der Waals surface area contributed by atoms with Crippen molar-refractivity contribution in [2.45, 2.75) is 39.7 Å². The number of amides is 1. The number of ether oxygens (including phenoxy) is 2. The van der Waals surface area contributed by atoms with Crippen LogP contribution in [0.1, 0.15) is 38.8 Å². The second-order valence-electron chi connectivity index (χ2n) is 9.11. The molecule has 31 heavy (non-hydrogen) atoms. The lowest BCUT2D eigenvalue weighted by molar-refractivity contribution is -0.127. The lowest BCUT2D eigenvalue weighted by atomic mass is 9.87. The standard InChI is InChI=1S/C25H43N3O3/c1-21(2)24(29)28(20-22-8-10-23(11-9-22)25(3,4)5)14-12-26-13-17-31-19-16-27(6)15-18-30-7/h8-11,26H,1,12-20H2,2-7H3. The maximum Gasteiger partial charge on any atom is 0.249 e. The molecule has 0 bridgehead atoms. The van der Waals surface area contributed by atoms with Crippen molar-refractivity contribution in [3.05, 3.63) is 47.5 Å². The Kier molecular flexibility index (Phi) is 12.6. The number of carbonyl (C=O) groups is 1. The van der Waals surface area contributed by atoms with Crippen LogP contribution in [0.2, 0.25) is 0 Å². The number of hydrogen-bond acceptors (Lipinski definition) is 5. The topological polar surface area (TPSA) is 54.0 Å². The van der Waals surface area contributed by atoms with E-state index < -0.39 is 0 Å². The van der Waals surface area contributed by atoms with E-state index in [1.807, 2.05) is 4.90 Å². The third-order valence-electron chi connectivity index (χ3n) is 5.12. The Morgan fingerprint density at radius 2 is 1.68 bits per heavy atom. The molecule has 0 spiro atoms. The van der Waals surface area contributed by atoms with E-state index in [2.05, 4.69) is 68.9 Å². The van der Waals surface area contributed by atoms with Crippen LogP contribution in [0.25, 0.3) is 0 Å². The molecule has 0 aliphatic carbocycles. The summed E-state index contributed by atoms with van der Waals surface area (Å²) < 4.78 is 10.7. The predicted octanol–water partition coefficient (Wildman–Crippen LogP) is 3.07. The summed E-state index contributed by atoms with van der Waals surface area (Å²) >= 11 is 0. The van der Waals surface area contributed by atoms with E-state index in [0.29, 0.717) is 31.9 Å². The van der Waals surface area contributed by atoms with Crippen LogP contribution in [0, 0.1) is 0 Å². The van der Waals surface area contributed by atoms with Crippen molar-refractivity contribution < 1.29 is 14.3 Å². The summed E-state index contributed by atoms with van der Waals surface area (Å²) in [6.07, 6.45) is 0. The highest BCUT2D eigenvalue weighted by Crippen LogP contribution is 2.22. The Labute approximate surface area is 189 Å². The molecule has 0 unspecified atom stereocenters. The molecule has 0 heterocycles. The van der Waals surface area contributed by atoms with Gasteiger partial charge in [0.2, 0.25) is 5.91 Å². The van der Waals surface area contributed by atoms with Crippen LogP contribution in [-0.4, -0.2) is 82.4 Å². The first-order valence-corrected chi connectivity index (χ1v) is 11.1. The molecule has 6 heteroatoms. The van der Waals surface area contributed by atoms with Crippen molar-refractivity contribution >= 4 is 5.91 Å². The first-order valence-electron chi connectivity index (χ1n) is 11.1. The summed E-state index contributed by atoms with van der Waals surface area (Å²) in [5.41, 5.74) is 3.10. The fourth-order valence-electron chi connectivity index (χ4n) is 3.02. The minimum absolute atomic E-state index is 0.00274. The van der Waals surface area contributed by atoms with Crippen molar-refractivity contribution in [3.8, 4) is 0 Å². The average molecular weight is 434 g/mol. The molecular weight excluding hydrogens is 390 g/mol.